The molecule has 36 heavy (non-hydrogen) atoms. The monoisotopic (exact) mass is 522 g/mol. The molecule has 0 atom stereocenters. The maximum atomic E-state index is 12.6. The fourth-order valence-electron chi connectivity index (χ4n) is 3.53. The van der Waals surface area contributed by atoms with E-state index in [1.807, 2.05) is 60.7 Å². The van der Waals surface area contributed by atoms with Crippen molar-refractivity contribution in [3.63, 3.8) is 0 Å². The van der Waals surface area contributed by atoms with Crippen LogP contribution in [0.4, 0.5) is 17.3 Å². The Kier molecular flexibility index (Phi) is 7.94. The van der Waals surface area contributed by atoms with E-state index >= 15 is 0 Å². The minimum atomic E-state index is -0.614. The molecule has 1 aromatic heterocycles. The van der Waals surface area contributed by atoms with Gasteiger partial charge in [-0.1, -0.05) is 83.9 Å². The second-order valence-corrected chi connectivity index (χ2v) is 8.53. The largest absolute Gasteiger partial charge is 0.355 e. The first-order chi connectivity index (χ1) is 17.4. The Morgan fingerprint density at radius 3 is 2.08 bits per heavy atom. The number of hydrazine groups is 1. The van der Waals surface area contributed by atoms with Gasteiger partial charge >= 0.3 is 5.69 Å². The molecular formula is C25H20Cl2N6O3. The molecule has 0 unspecified atom stereocenters. The first-order valence-corrected chi connectivity index (χ1v) is 11.5. The van der Waals surface area contributed by atoms with Crippen LogP contribution in [-0.2, 0) is 13.1 Å². The number of carbonyl (C=O) groups excluding carboxylic acids is 1. The van der Waals surface area contributed by atoms with E-state index in [4.69, 9.17) is 23.2 Å². The van der Waals surface area contributed by atoms with Crippen molar-refractivity contribution >= 4 is 46.4 Å². The van der Waals surface area contributed by atoms with E-state index in [2.05, 4.69) is 20.8 Å². The van der Waals surface area contributed by atoms with Gasteiger partial charge in [0.2, 0.25) is 11.6 Å². The van der Waals surface area contributed by atoms with Gasteiger partial charge in [-0.3, -0.25) is 25.8 Å². The maximum Gasteiger partial charge on any atom is 0.355 e. The Balaban J connectivity index is 1.65. The summed E-state index contributed by atoms with van der Waals surface area (Å²) < 4.78 is 0. The summed E-state index contributed by atoms with van der Waals surface area (Å²) in [6.45, 7) is 0.722. The van der Waals surface area contributed by atoms with E-state index in [0.717, 1.165) is 11.1 Å². The molecule has 0 bridgehead atoms. The van der Waals surface area contributed by atoms with E-state index in [1.54, 1.807) is 4.90 Å². The minimum Gasteiger partial charge on any atom is -0.342 e. The molecule has 0 aliphatic heterocycles. The molecule has 0 aliphatic carbocycles. The topological polar surface area (TPSA) is 113 Å². The predicted molar refractivity (Wildman–Crippen MR) is 139 cm³/mol. The zero-order valence-electron chi connectivity index (χ0n) is 18.8. The van der Waals surface area contributed by atoms with E-state index < -0.39 is 10.8 Å². The standard InChI is InChI=1S/C25H20Cl2N6O3/c26-19-11-12-20(21(27)13-19)25(34)31-30-23-22(33(35)36)24(29-16-28-23)32(14-17-7-3-1-4-8-17)15-18-9-5-2-6-10-18/h1-13,16H,14-15H2,(H,31,34)(H,28,29,30). The van der Waals surface area contributed by atoms with E-state index in [-0.39, 0.29) is 27.9 Å². The van der Waals surface area contributed by atoms with Crippen molar-refractivity contribution in [2.75, 3.05) is 10.3 Å². The third kappa shape index (κ3) is 6.07. The smallest absolute Gasteiger partial charge is 0.342 e. The van der Waals surface area contributed by atoms with Gasteiger partial charge in [0.1, 0.15) is 6.33 Å². The van der Waals surface area contributed by atoms with Crippen LogP contribution in [-0.4, -0.2) is 20.8 Å². The number of nitrogens with zero attached hydrogens (tertiary/aromatic N) is 4. The van der Waals surface area contributed by atoms with Crippen LogP contribution in [0.3, 0.4) is 0 Å². The Morgan fingerprint density at radius 2 is 1.53 bits per heavy atom. The Morgan fingerprint density at radius 1 is 0.917 bits per heavy atom. The minimum absolute atomic E-state index is 0.101. The molecule has 0 saturated heterocycles. The lowest BCUT2D eigenvalue weighted by molar-refractivity contribution is -0.383. The first-order valence-electron chi connectivity index (χ1n) is 10.8. The highest BCUT2D eigenvalue weighted by molar-refractivity contribution is 6.36. The first kappa shape index (κ1) is 24.9. The molecule has 0 aliphatic rings. The van der Waals surface area contributed by atoms with Crippen LogP contribution in [0.1, 0.15) is 21.5 Å². The Labute approximate surface area is 216 Å². The van der Waals surface area contributed by atoms with Crippen LogP contribution in [0.5, 0.6) is 0 Å². The lowest BCUT2D eigenvalue weighted by Gasteiger charge is -2.24. The number of aromatic nitrogens is 2. The highest BCUT2D eigenvalue weighted by atomic mass is 35.5. The SMILES string of the molecule is O=C(NNc1ncnc(N(Cc2ccccc2)Cc2ccccc2)c1[N+](=O)[O-])c1ccc(Cl)cc1Cl. The number of halogens is 2. The van der Waals surface area contributed by atoms with Crippen molar-refractivity contribution < 1.29 is 9.72 Å². The molecule has 0 spiro atoms. The molecule has 11 heteroatoms. The molecule has 0 radical (unpaired) electrons. The van der Waals surface area contributed by atoms with Crippen LogP contribution >= 0.6 is 23.2 Å². The van der Waals surface area contributed by atoms with Gasteiger partial charge in [-0.05, 0) is 29.3 Å². The summed E-state index contributed by atoms with van der Waals surface area (Å²) in [5, 5.41) is 12.7. The van der Waals surface area contributed by atoms with Crippen molar-refractivity contribution in [2.24, 2.45) is 0 Å². The second-order valence-electron chi connectivity index (χ2n) is 7.68. The van der Waals surface area contributed by atoms with Crippen LogP contribution in [0, 0.1) is 10.1 Å². The number of nitrogens with one attached hydrogen (secondary N) is 2. The summed E-state index contributed by atoms with van der Waals surface area (Å²) in [4.78, 5) is 34.2. The molecule has 2 N–H and O–H groups in total. The summed E-state index contributed by atoms with van der Waals surface area (Å²) in [5.41, 5.74) is 6.60. The molecule has 4 aromatic rings. The van der Waals surface area contributed by atoms with Crippen LogP contribution < -0.4 is 15.8 Å². The highest BCUT2D eigenvalue weighted by Crippen LogP contribution is 2.33. The van der Waals surface area contributed by atoms with Crippen LogP contribution in [0.15, 0.2) is 85.2 Å². The van der Waals surface area contributed by atoms with Crippen molar-refractivity contribution in [3.8, 4) is 0 Å². The predicted octanol–water partition coefficient (Wildman–Crippen LogP) is 5.66. The quantitative estimate of drug-likeness (QED) is 0.215. The number of carbonyl (C=O) groups is 1. The van der Waals surface area contributed by atoms with Crippen LogP contribution in [0.25, 0.3) is 0 Å². The van der Waals surface area contributed by atoms with Crippen molar-refractivity contribution in [1.29, 1.82) is 0 Å². The van der Waals surface area contributed by atoms with Crippen LogP contribution in [0.2, 0.25) is 10.0 Å². The molecule has 4 rings (SSSR count). The summed E-state index contributed by atoms with van der Waals surface area (Å²) in [5.74, 6) is -0.685. The van der Waals surface area contributed by atoms with E-state index in [9.17, 15) is 14.9 Å². The highest BCUT2D eigenvalue weighted by Gasteiger charge is 2.28. The zero-order chi connectivity index (χ0) is 25.5. The number of benzene rings is 3. The van der Waals surface area contributed by atoms with Gasteiger partial charge in [0, 0.05) is 18.1 Å². The lowest BCUT2D eigenvalue weighted by Crippen LogP contribution is -2.31. The van der Waals surface area contributed by atoms with E-state index in [1.165, 1.54) is 24.5 Å². The van der Waals surface area contributed by atoms with Gasteiger partial charge in [-0.15, -0.1) is 0 Å². The van der Waals surface area contributed by atoms with Gasteiger partial charge in [-0.25, -0.2) is 9.97 Å². The van der Waals surface area contributed by atoms with Crippen molar-refractivity contribution in [3.05, 3.63) is 122 Å². The molecule has 9 nitrogen and oxygen atoms in total. The Hall–Kier alpha value is -4.21. The summed E-state index contributed by atoms with van der Waals surface area (Å²) >= 11 is 12.0. The fraction of sp³-hybridized carbons (Fsp3) is 0.0800. The summed E-state index contributed by atoms with van der Waals surface area (Å²) in [6.07, 6.45) is 1.20. The number of hydrogen-bond acceptors (Lipinski definition) is 7. The summed E-state index contributed by atoms with van der Waals surface area (Å²) in [7, 11) is 0. The molecule has 1 amide bonds. The normalized spacial score (nSPS) is 10.5. The van der Waals surface area contributed by atoms with Crippen molar-refractivity contribution in [1.82, 2.24) is 15.4 Å². The average Bonchev–Trinajstić information content (AvgIpc) is 2.88. The molecule has 182 valence electrons. The lowest BCUT2D eigenvalue weighted by atomic mass is 10.1. The van der Waals surface area contributed by atoms with E-state index in [0.29, 0.717) is 18.1 Å². The number of hydrogen-bond donors (Lipinski definition) is 2. The third-order valence-corrected chi connectivity index (χ3v) is 5.74. The number of rotatable bonds is 9. The number of nitro groups is 1. The molecule has 3 aromatic carbocycles. The summed E-state index contributed by atoms with van der Waals surface area (Å²) in [6, 6.07) is 23.5. The number of anilines is 2. The van der Waals surface area contributed by atoms with Gasteiger partial charge < -0.3 is 4.90 Å². The van der Waals surface area contributed by atoms with Gasteiger partial charge in [0.15, 0.2) is 0 Å². The van der Waals surface area contributed by atoms with Crippen molar-refractivity contribution in [2.45, 2.75) is 13.1 Å². The molecule has 0 fully saturated rings. The maximum absolute atomic E-state index is 12.6. The molecule has 0 saturated carbocycles. The second kappa shape index (κ2) is 11.5. The third-order valence-electron chi connectivity index (χ3n) is 5.19. The average molecular weight is 523 g/mol. The van der Waals surface area contributed by atoms with Gasteiger partial charge in [-0.2, -0.15) is 0 Å². The zero-order valence-corrected chi connectivity index (χ0v) is 20.3. The Bertz CT molecular complexity index is 1330. The van der Waals surface area contributed by atoms with Gasteiger partial charge in [0.05, 0.1) is 15.5 Å². The molecular weight excluding hydrogens is 503 g/mol. The molecule has 1 heterocycles. The number of amides is 1. The van der Waals surface area contributed by atoms with Gasteiger partial charge in [0.25, 0.3) is 5.91 Å². The fourth-order valence-corrected chi connectivity index (χ4v) is 4.03.